The number of hydrogen-bond acceptors (Lipinski definition) is 3. The number of benzene rings is 1. The minimum atomic E-state index is 0.0461. The van der Waals surface area contributed by atoms with E-state index in [4.69, 9.17) is 4.74 Å². The van der Waals surface area contributed by atoms with Crippen molar-refractivity contribution in [1.29, 1.82) is 0 Å². The van der Waals surface area contributed by atoms with E-state index in [-0.39, 0.29) is 17.9 Å². The number of aryl methyl sites for hydroxylation is 1. The third-order valence-electron chi connectivity index (χ3n) is 4.09. The van der Waals surface area contributed by atoms with Crippen LogP contribution >= 0.6 is 0 Å². The van der Waals surface area contributed by atoms with Gasteiger partial charge in [0.2, 0.25) is 11.8 Å². The van der Waals surface area contributed by atoms with Crippen molar-refractivity contribution in [3.05, 3.63) is 29.8 Å². The summed E-state index contributed by atoms with van der Waals surface area (Å²) >= 11 is 0. The lowest BCUT2D eigenvalue weighted by molar-refractivity contribution is -0.129. The topological polar surface area (TPSA) is 58.6 Å². The van der Waals surface area contributed by atoms with Gasteiger partial charge in [-0.25, -0.2) is 0 Å². The van der Waals surface area contributed by atoms with Crippen molar-refractivity contribution in [3.8, 4) is 5.75 Å². The maximum absolute atomic E-state index is 12.1. The maximum atomic E-state index is 12.1. The molecule has 2 amide bonds. The quantitative estimate of drug-likeness (QED) is 0.901. The van der Waals surface area contributed by atoms with Crippen molar-refractivity contribution >= 4 is 11.8 Å². The number of carbonyl (C=O) groups excluding carboxylic acids is 2. The van der Waals surface area contributed by atoms with E-state index in [9.17, 15) is 9.59 Å². The molecular weight excluding hydrogens is 280 g/mol. The Balaban J connectivity index is 1.79. The third-order valence-corrected chi connectivity index (χ3v) is 4.09. The molecule has 1 aromatic rings. The van der Waals surface area contributed by atoms with Crippen molar-refractivity contribution in [3.63, 3.8) is 0 Å². The molecule has 1 aliphatic heterocycles. The number of amides is 2. The van der Waals surface area contributed by atoms with Crippen molar-refractivity contribution < 1.29 is 14.3 Å². The summed E-state index contributed by atoms with van der Waals surface area (Å²) in [5.41, 5.74) is 1.09. The highest BCUT2D eigenvalue weighted by Crippen LogP contribution is 2.14. The van der Waals surface area contributed by atoms with Gasteiger partial charge in [0, 0.05) is 32.5 Å². The van der Waals surface area contributed by atoms with E-state index in [1.54, 1.807) is 12.0 Å². The molecule has 1 saturated heterocycles. The zero-order valence-electron chi connectivity index (χ0n) is 13.3. The molecule has 1 heterocycles. The zero-order chi connectivity index (χ0) is 15.9. The Morgan fingerprint density at radius 3 is 3.00 bits per heavy atom. The van der Waals surface area contributed by atoms with Gasteiger partial charge in [-0.2, -0.15) is 0 Å². The molecule has 1 aliphatic rings. The molecule has 120 valence electrons. The number of nitrogens with one attached hydrogen (secondary N) is 1. The first kappa shape index (κ1) is 16.3. The second-order valence-corrected chi connectivity index (χ2v) is 5.76. The van der Waals surface area contributed by atoms with Crippen LogP contribution in [0.25, 0.3) is 0 Å². The lowest BCUT2D eigenvalue weighted by atomic mass is 10.1. The molecule has 1 unspecified atom stereocenters. The van der Waals surface area contributed by atoms with Crippen LogP contribution in [0.4, 0.5) is 0 Å². The number of hydrogen-bond donors (Lipinski definition) is 1. The fourth-order valence-corrected chi connectivity index (χ4v) is 2.64. The van der Waals surface area contributed by atoms with Crippen LogP contribution < -0.4 is 10.1 Å². The summed E-state index contributed by atoms with van der Waals surface area (Å²) < 4.78 is 5.18. The van der Waals surface area contributed by atoms with Crippen molar-refractivity contribution in [2.75, 3.05) is 20.7 Å². The molecule has 1 N–H and O–H groups in total. The van der Waals surface area contributed by atoms with E-state index in [2.05, 4.69) is 5.32 Å². The molecule has 0 saturated carbocycles. The van der Waals surface area contributed by atoms with Crippen LogP contribution in [0.15, 0.2) is 24.3 Å². The van der Waals surface area contributed by atoms with Crippen LogP contribution in [0.2, 0.25) is 0 Å². The minimum absolute atomic E-state index is 0.0461. The Kier molecular flexibility index (Phi) is 5.81. The summed E-state index contributed by atoms with van der Waals surface area (Å²) in [5, 5.41) is 3.05. The molecule has 0 spiro atoms. The molecule has 22 heavy (non-hydrogen) atoms. The molecule has 1 atom stereocenters. The molecule has 0 bridgehead atoms. The molecule has 0 aromatic heterocycles. The summed E-state index contributed by atoms with van der Waals surface area (Å²) in [4.78, 5) is 25.4. The van der Waals surface area contributed by atoms with Crippen molar-refractivity contribution in [2.24, 2.45) is 0 Å². The summed E-state index contributed by atoms with van der Waals surface area (Å²) in [7, 11) is 3.45. The zero-order valence-corrected chi connectivity index (χ0v) is 13.3. The Labute approximate surface area is 131 Å². The predicted octanol–water partition coefficient (Wildman–Crippen LogP) is 1.75. The molecule has 0 aliphatic carbocycles. The average Bonchev–Trinajstić information content (AvgIpc) is 2.69. The number of likely N-dealkylation sites (tertiary alicyclic amines) is 1. The van der Waals surface area contributed by atoms with E-state index in [1.165, 1.54) is 0 Å². The summed E-state index contributed by atoms with van der Waals surface area (Å²) in [6.07, 6.45) is 3.21. The number of carbonyl (C=O) groups is 2. The third kappa shape index (κ3) is 4.76. The Morgan fingerprint density at radius 2 is 2.23 bits per heavy atom. The monoisotopic (exact) mass is 304 g/mol. The summed E-state index contributed by atoms with van der Waals surface area (Å²) in [6.45, 7) is 0.708. The highest BCUT2D eigenvalue weighted by atomic mass is 16.5. The molecule has 5 nitrogen and oxygen atoms in total. The Hall–Kier alpha value is -2.04. The first-order valence-electron chi connectivity index (χ1n) is 7.74. The van der Waals surface area contributed by atoms with Crippen LogP contribution in [0.5, 0.6) is 5.75 Å². The predicted molar refractivity (Wildman–Crippen MR) is 84.7 cm³/mol. The van der Waals surface area contributed by atoms with Crippen molar-refractivity contribution in [1.82, 2.24) is 10.2 Å². The van der Waals surface area contributed by atoms with Gasteiger partial charge in [-0.3, -0.25) is 9.59 Å². The highest BCUT2D eigenvalue weighted by molar-refractivity contribution is 5.78. The molecule has 2 rings (SSSR count). The van der Waals surface area contributed by atoms with E-state index >= 15 is 0 Å². The van der Waals surface area contributed by atoms with Gasteiger partial charge in [-0.05, 0) is 37.0 Å². The van der Waals surface area contributed by atoms with Gasteiger partial charge in [-0.15, -0.1) is 0 Å². The summed E-state index contributed by atoms with van der Waals surface area (Å²) in [5.74, 6) is 1.01. The first-order chi connectivity index (χ1) is 10.6. The standard InChI is InChI=1S/C17H24N2O3/c1-19-11-10-14(7-9-17(19)21)18-16(20)8-6-13-4-3-5-15(12-13)22-2/h3-5,12,14H,6-11H2,1-2H3,(H,18,20). The van der Waals surface area contributed by atoms with Crippen LogP contribution in [0.3, 0.4) is 0 Å². The normalized spacial score (nSPS) is 18.7. The molecule has 1 aromatic carbocycles. The second-order valence-electron chi connectivity index (χ2n) is 5.76. The van der Waals surface area contributed by atoms with E-state index in [0.717, 1.165) is 24.2 Å². The Morgan fingerprint density at radius 1 is 1.41 bits per heavy atom. The minimum Gasteiger partial charge on any atom is -0.497 e. The van der Waals surface area contributed by atoms with Crippen molar-refractivity contribution in [2.45, 2.75) is 38.1 Å². The molecule has 5 heteroatoms. The number of methoxy groups -OCH3 is 1. The van der Waals surface area contributed by atoms with E-state index in [0.29, 0.717) is 25.8 Å². The van der Waals surface area contributed by atoms with E-state index in [1.807, 2.05) is 31.3 Å². The molecule has 1 fully saturated rings. The summed E-state index contributed by atoms with van der Waals surface area (Å²) in [6, 6.07) is 7.87. The van der Waals surface area contributed by atoms with E-state index < -0.39 is 0 Å². The largest absolute Gasteiger partial charge is 0.497 e. The molecular formula is C17H24N2O3. The smallest absolute Gasteiger partial charge is 0.222 e. The lowest BCUT2D eigenvalue weighted by Gasteiger charge is -2.16. The average molecular weight is 304 g/mol. The number of ether oxygens (including phenoxy) is 1. The fourth-order valence-electron chi connectivity index (χ4n) is 2.64. The van der Waals surface area contributed by atoms with Gasteiger partial charge >= 0.3 is 0 Å². The van der Waals surface area contributed by atoms with Gasteiger partial charge < -0.3 is 15.0 Å². The van der Waals surface area contributed by atoms with Crippen LogP contribution in [-0.4, -0.2) is 43.5 Å². The molecule has 0 radical (unpaired) electrons. The van der Waals surface area contributed by atoms with Gasteiger partial charge in [-0.1, -0.05) is 12.1 Å². The van der Waals surface area contributed by atoms with Crippen LogP contribution in [0, 0.1) is 0 Å². The number of rotatable bonds is 5. The lowest BCUT2D eigenvalue weighted by Crippen LogP contribution is -2.35. The van der Waals surface area contributed by atoms with Gasteiger partial charge in [0.05, 0.1) is 7.11 Å². The maximum Gasteiger partial charge on any atom is 0.222 e. The van der Waals surface area contributed by atoms with Crippen LogP contribution in [-0.2, 0) is 16.0 Å². The van der Waals surface area contributed by atoms with Gasteiger partial charge in [0.15, 0.2) is 0 Å². The SMILES string of the molecule is COc1cccc(CCC(=O)NC2CCC(=O)N(C)CC2)c1. The second kappa shape index (κ2) is 7.82. The number of nitrogens with zero attached hydrogens (tertiary/aromatic N) is 1. The van der Waals surface area contributed by atoms with Gasteiger partial charge in [0.25, 0.3) is 0 Å². The fraction of sp³-hybridized carbons (Fsp3) is 0.529. The van der Waals surface area contributed by atoms with Gasteiger partial charge in [0.1, 0.15) is 5.75 Å². The first-order valence-corrected chi connectivity index (χ1v) is 7.74. The van der Waals surface area contributed by atoms with Crippen LogP contribution in [0.1, 0.15) is 31.2 Å². The highest BCUT2D eigenvalue weighted by Gasteiger charge is 2.20. The Bertz CT molecular complexity index is 530.